The number of nitrogens with zero attached hydrogens (tertiary/aromatic N) is 2. The summed E-state index contributed by atoms with van der Waals surface area (Å²) < 4.78 is 29.8. The van der Waals surface area contributed by atoms with E-state index in [0.29, 0.717) is 18.1 Å². The van der Waals surface area contributed by atoms with E-state index >= 15 is 0 Å². The molecule has 6 nitrogen and oxygen atoms in total. The number of halogens is 2. The van der Waals surface area contributed by atoms with Crippen LogP contribution in [0, 0.1) is 6.92 Å². The summed E-state index contributed by atoms with van der Waals surface area (Å²) in [7, 11) is 0. The Morgan fingerprint density at radius 2 is 2.07 bits per heavy atom. The van der Waals surface area contributed by atoms with Gasteiger partial charge in [-0.15, -0.1) is 0 Å². The van der Waals surface area contributed by atoms with Crippen molar-refractivity contribution in [3.8, 4) is 5.75 Å². The van der Waals surface area contributed by atoms with Crippen LogP contribution in [0.4, 0.5) is 8.78 Å². The first-order valence-corrected chi connectivity index (χ1v) is 9.95. The van der Waals surface area contributed by atoms with Gasteiger partial charge in [-0.05, 0) is 45.7 Å². The predicted octanol–water partition coefficient (Wildman–Crippen LogP) is 2.50. The molecule has 28 heavy (non-hydrogen) atoms. The Morgan fingerprint density at radius 1 is 1.32 bits per heavy atom. The molecule has 1 saturated heterocycles. The van der Waals surface area contributed by atoms with Crippen molar-refractivity contribution < 1.29 is 18.6 Å². The Labute approximate surface area is 166 Å². The van der Waals surface area contributed by atoms with Crippen LogP contribution < -0.4 is 15.4 Å². The quantitative estimate of drug-likeness (QED) is 0.339. The van der Waals surface area contributed by atoms with Crippen LogP contribution in [0.3, 0.4) is 0 Å². The average molecular weight is 398 g/mol. The molecule has 0 bridgehead atoms. The minimum absolute atomic E-state index is 0.151. The maximum Gasteiger partial charge on any atom is 0.387 e. The SMILES string of the molecule is CCNC(=NCc1cc(C)ccc1OC(F)F)NCCCN1CCC(O)CC1. The van der Waals surface area contributed by atoms with Crippen molar-refractivity contribution in [2.24, 2.45) is 4.99 Å². The number of rotatable bonds is 9. The van der Waals surface area contributed by atoms with Crippen LogP contribution in [0.5, 0.6) is 5.75 Å². The molecule has 0 radical (unpaired) electrons. The number of piperidine rings is 1. The number of aliphatic hydroxyl groups excluding tert-OH is 1. The van der Waals surface area contributed by atoms with Gasteiger partial charge in [-0.3, -0.25) is 0 Å². The zero-order chi connectivity index (χ0) is 20.4. The normalized spacial score (nSPS) is 16.4. The second-order valence-corrected chi connectivity index (χ2v) is 7.04. The van der Waals surface area contributed by atoms with Gasteiger partial charge in [0.2, 0.25) is 0 Å². The molecular formula is C20H32F2N4O2. The van der Waals surface area contributed by atoms with Crippen LogP contribution in [0.1, 0.15) is 37.3 Å². The number of aryl methyl sites for hydroxylation is 1. The van der Waals surface area contributed by atoms with E-state index < -0.39 is 6.61 Å². The molecule has 0 spiro atoms. The maximum atomic E-state index is 12.6. The molecule has 2 rings (SSSR count). The fourth-order valence-corrected chi connectivity index (χ4v) is 3.20. The maximum absolute atomic E-state index is 12.6. The second kappa shape index (κ2) is 11.8. The van der Waals surface area contributed by atoms with Crippen molar-refractivity contribution in [3.63, 3.8) is 0 Å². The van der Waals surface area contributed by atoms with E-state index in [-0.39, 0.29) is 18.4 Å². The Hall–Kier alpha value is -1.93. The summed E-state index contributed by atoms with van der Waals surface area (Å²) in [5.74, 6) is 0.813. The number of hydrogen-bond donors (Lipinski definition) is 3. The summed E-state index contributed by atoms with van der Waals surface area (Å²) in [6.07, 6.45) is 2.50. The van der Waals surface area contributed by atoms with Gasteiger partial charge < -0.3 is 25.4 Å². The number of ether oxygens (including phenoxy) is 1. The third kappa shape index (κ3) is 7.98. The number of likely N-dealkylation sites (tertiary alicyclic amines) is 1. The highest BCUT2D eigenvalue weighted by Crippen LogP contribution is 2.22. The molecule has 0 amide bonds. The van der Waals surface area contributed by atoms with Crippen LogP contribution in [0.2, 0.25) is 0 Å². The van der Waals surface area contributed by atoms with Gasteiger partial charge in [-0.1, -0.05) is 17.7 Å². The van der Waals surface area contributed by atoms with Crippen LogP contribution in [0.15, 0.2) is 23.2 Å². The number of aliphatic hydroxyl groups is 1. The van der Waals surface area contributed by atoms with Crippen molar-refractivity contribution in [2.45, 2.75) is 52.4 Å². The standard InChI is InChI=1S/C20H32F2N4O2/c1-3-23-20(24-9-4-10-26-11-7-17(27)8-12-26)25-14-16-13-15(2)5-6-18(16)28-19(21)22/h5-6,13,17,19,27H,3-4,7-12,14H2,1-2H3,(H2,23,24,25). The number of alkyl halides is 2. The molecule has 0 aromatic heterocycles. The van der Waals surface area contributed by atoms with Gasteiger partial charge in [0.05, 0.1) is 12.6 Å². The smallest absolute Gasteiger partial charge is 0.387 e. The molecule has 1 aliphatic heterocycles. The number of benzene rings is 1. The first-order chi connectivity index (χ1) is 13.5. The Kier molecular flexibility index (Phi) is 9.43. The molecule has 0 unspecified atom stereocenters. The van der Waals surface area contributed by atoms with Gasteiger partial charge in [0.1, 0.15) is 5.75 Å². The lowest BCUT2D eigenvalue weighted by atomic mass is 10.1. The summed E-state index contributed by atoms with van der Waals surface area (Å²) in [5, 5.41) is 16.0. The fourth-order valence-electron chi connectivity index (χ4n) is 3.20. The fraction of sp³-hybridized carbons (Fsp3) is 0.650. The number of aliphatic imine (C=N–C) groups is 1. The molecular weight excluding hydrogens is 366 g/mol. The molecule has 1 aromatic rings. The minimum Gasteiger partial charge on any atom is -0.434 e. The second-order valence-electron chi connectivity index (χ2n) is 7.04. The highest BCUT2D eigenvalue weighted by molar-refractivity contribution is 5.79. The van der Waals surface area contributed by atoms with Gasteiger partial charge in [0.25, 0.3) is 0 Å². The molecule has 1 aliphatic rings. The first kappa shape index (κ1) is 22.4. The summed E-state index contributed by atoms with van der Waals surface area (Å²) >= 11 is 0. The highest BCUT2D eigenvalue weighted by Gasteiger charge is 2.16. The van der Waals surface area contributed by atoms with Crippen molar-refractivity contribution in [1.29, 1.82) is 0 Å². The molecule has 0 saturated carbocycles. The lowest BCUT2D eigenvalue weighted by Gasteiger charge is -2.29. The lowest BCUT2D eigenvalue weighted by Crippen LogP contribution is -2.40. The van der Waals surface area contributed by atoms with E-state index in [2.05, 4.69) is 25.3 Å². The summed E-state index contributed by atoms with van der Waals surface area (Å²) in [6, 6.07) is 5.12. The molecule has 1 aromatic carbocycles. The third-order valence-corrected chi connectivity index (χ3v) is 4.68. The highest BCUT2D eigenvalue weighted by atomic mass is 19.3. The van der Waals surface area contributed by atoms with Crippen LogP contribution in [-0.2, 0) is 6.54 Å². The van der Waals surface area contributed by atoms with Crippen LogP contribution >= 0.6 is 0 Å². The van der Waals surface area contributed by atoms with E-state index in [4.69, 9.17) is 0 Å². The topological polar surface area (TPSA) is 69.1 Å². The lowest BCUT2D eigenvalue weighted by molar-refractivity contribution is -0.0504. The van der Waals surface area contributed by atoms with Gasteiger partial charge >= 0.3 is 6.61 Å². The number of hydrogen-bond acceptors (Lipinski definition) is 4. The largest absolute Gasteiger partial charge is 0.434 e. The predicted molar refractivity (Wildman–Crippen MR) is 107 cm³/mol. The Bertz CT molecular complexity index is 620. The molecule has 158 valence electrons. The average Bonchev–Trinajstić information content (AvgIpc) is 2.66. The summed E-state index contributed by atoms with van der Waals surface area (Å²) in [5.41, 5.74) is 1.60. The van der Waals surface area contributed by atoms with E-state index in [9.17, 15) is 13.9 Å². The van der Waals surface area contributed by atoms with E-state index in [1.165, 1.54) is 0 Å². The Balaban J connectivity index is 1.85. The van der Waals surface area contributed by atoms with E-state index in [0.717, 1.165) is 51.0 Å². The number of nitrogens with one attached hydrogen (secondary N) is 2. The van der Waals surface area contributed by atoms with Crippen LogP contribution in [-0.4, -0.2) is 61.4 Å². The van der Waals surface area contributed by atoms with Gasteiger partial charge in [-0.25, -0.2) is 4.99 Å². The monoisotopic (exact) mass is 398 g/mol. The van der Waals surface area contributed by atoms with Gasteiger partial charge in [0, 0.05) is 31.7 Å². The van der Waals surface area contributed by atoms with Crippen molar-refractivity contribution >= 4 is 5.96 Å². The third-order valence-electron chi connectivity index (χ3n) is 4.68. The van der Waals surface area contributed by atoms with Crippen LogP contribution in [0.25, 0.3) is 0 Å². The van der Waals surface area contributed by atoms with Crippen molar-refractivity contribution in [2.75, 3.05) is 32.7 Å². The zero-order valence-corrected chi connectivity index (χ0v) is 16.8. The minimum atomic E-state index is -2.85. The van der Waals surface area contributed by atoms with Gasteiger partial charge in [0.15, 0.2) is 5.96 Å². The van der Waals surface area contributed by atoms with E-state index in [1.807, 2.05) is 19.9 Å². The van der Waals surface area contributed by atoms with Crippen molar-refractivity contribution in [3.05, 3.63) is 29.3 Å². The van der Waals surface area contributed by atoms with Crippen molar-refractivity contribution in [1.82, 2.24) is 15.5 Å². The molecule has 1 heterocycles. The zero-order valence-electron chi connectivity index (χ0n) is 16.8. The molecule has 8 heteroatoms. The Morgan fingerprint density at radius 3 is 2.75 bits per heavy atom. The first-order valence-electron chi connectivity index (χ1n) is 9.95. The molecule has 3 N–H and O–H groups in total. The molecule has 0 atom stereocenters. The molecule has 0 aliphatic carbocycles. The summed E-state index contributed by atoms with van der Waals surface area (Å²) in [6.45, 7) is 5.62. The van der Waals surface area contributed by atoms with E-state index in [1.54, 1.807) is 12.1 Å². The molecule has 1 fully saturated rings. The number of guanidine groups is 1. The summed E-state index contributed by atoms with van der Waals surface area (Å²) in [4.78, 5) is 6.87. The van der Waals surface area contributed by atoms with Gasteiger partial charge in [-0.2, -0.15) is 8.78 Å².